The van der Waals surface area contributed by atoms with Gasteiger partial charge >= 0.3 is 0 Å². The Hall–Kier alpha value is -2.10. The average molecular weight is 466 g/mol. The maximum atomic E-state index is 13.6. The molecule has 0 bridgehead atoms. The van der Waals surface area contributed by atoms with Crippen molar-refractivity contribution in [3.8, 4) is 5.75 Å². The zero-order chi connectivity index (χ0) is 22.2. The van der Waals surface area contributed by atoms with Crippen LogP contribution in [0.3, 0.4) is 0 Å². The fraction of sp³-hybridized carbons (Fsp3) is 0.455. The van der Waals surface area contributed by atoms with Crippen molar-refractivity contribution < 1.29 is 27.0 Å². The van der Waals surface area contributed by atoms with Gasteiger partial charge in [0.15, 0.2) is 9.84 Å². The number of aliphatic hydroxyl groups excluding tert-OH is 1. The molecule has 2 aromatic carbocycles. The molecule has 7 nitrogen and oxygen atoms in total. The Morgan fingerprint density at radius 1 is 0.935 bits per heavy atom. The van der Waals surface area contributed by atoms with Crippen LogP contribution >= 0.6 is 0 Å². The van der Waals surface area contributed by atoms with Crippen molar-refractivity contribution in [1.82, 2.24) is 0 Å². The highest BCUT2D eigenvalue weighted by Gasteiger charge is 2.45. The van der Waals surface area contributed by atoms with Crippen molar-refractivity contribution in [2.45, 2.75) is 55.1 Å². The molecule has 31 heavy (non-hydrogen) atoms. The Balaban J connectivity index is 1.73. The van der Waals surface area contributed by atoms with Crippen molar-refractivity contribution in [2.75, 3.05) is 15.8 Å². The summed E-state index contributed by atoms with van der Waals surface area (Å²) in [5.41, 5.74) is 1.21. The molecule has 9 heteroatoms. The Kier molecular flexibility index (Phi) is 6.02. The number of benzene rings is 2. The number of hydrogen-bond donors (Lipinski definition) is 2. The summed E-state index contributed by atoms with van der Waals surface area (Å²) in [6, 6.07) is 11.2. The number of hydrogen-bond acceptors (Lipinski definition) is 6. The minimum absolute atomic E-state index is 0.0203. The summed E-state index contributed by atoms with van der Waals surface area (Å²) in [7, 11) is -7.78. The molecular weight excluding hydrogens is 438 g/mol. The van der Waals surface area contributed by atoms with Crippen LogP contribution < -0.4 is 4.31 Å². The average Bonchev–Trinajstić information content (AvgIpc) is 3.00. The predicted octanol–water partition coefficient (Wildman–Crippen LogP) is 2.79. The van der Waals surface area contributed by atoms with Gasteiger partial charge in [0.2, 0.25) is 0 Å². The van der Waals surface area contributed by atoms with Gasteiger partial charge in [-0.1, -0.05) is 37.5 Å². The lowest BCUT2D eigenvalue weighted by atomic mass is 9.84. The van der Waals surface area contributed by atoms with Gasteiger partial charge in [-0.25, -0.2) is 16.8 Å². The summed E-state index contributed by atoms with van der Waals surface area (Å²) in [5.74, 6) is -0.707. The summed E-state index contributed by atoms with van der Waals surface area (Å²) >= 11 is 0. The van der Waals surface area contributed by atoms with E-state index in [1.807, 2.05) is 12.1 Å². The van der Waals surface area contributed by atoms with E-state index in [1.54, 1.807) is 12.1 Å². The lowest BCUT2D eigenvalue weighted by Gasteiger charge is -2.31. The van der Waals surface area contributed by atoms with E-state index in [0.717, 1.165) is 22.7 Å². The van der Waals surface area contributed by atoms with Crippen LogP contribution in [0.1, 0.15) is 43.6 Å². The van der Waals surface area contributed by atoms with E-state index in [9.17, 15) is 27.0 Å². The SMILES string of the molecule is O=S1(=O)C[C@H](O)[C@@H](N(c2cccc(O)c2)S(=O)(=O)c2ccc(C3CCCCC3)cc2)C1. The molecule has 2 aromatic rings. The first-order chi connectivity index (χ1) is 14.7. The van der Waals surface area contributed by atoms with E-state index in [1.165, 1.54) is 43.5 Å². The fourth-order valence-corrected chi connectivity index (χ4v) is 8.17. The van der Waals surface area contributed by atoms with Gasteiger partial charge in [-0.15, -0.1) is 0 Å². The number of rotatable bonds is 5. The molecule has 0 aromatic heterocycles. The van der Waals surface area contributed by atoms with Gasteiger partial charge in [0.05, 0.1) is 34.2 Å². The molecule has 4 rings (SSSR count). The number of aliphatic hydroxyl groups is 1. The molecule has 2 atom stereocenters. The number of sulfone groups is 1. The number of anilines is 1. The molecular formula is C22H27NO6S2. The normalized spacial score (nSPS) is 24.2. The highest BCUT2D eigenvalue weighted by molar-refractivity contribution is 7.93. The molecule has 2 N–H and O–H groups in total. The number of nitrogens with zero attached hydrogens (tertiary/aromatic N) is 1. The molecule has 1 aliphatic heterocycles. The van der Waals surface area contributed by atoms with Crippen LogP contribution in [0, 0.1) is 0 Å². The van der Waals surface area contributed by atoms with Gasteiger partial charge in [0.1, 0.15) is 5.75 Å². The number of aromatic hydroxyl groups is 1. The van der Waals surface area contributed by atoms with Gasteiger partial charge < -0.3 is 10.2 Å². The molecule has 0 amide bonds. The van der Waals surface area contributed by atoms with Crippen LogP contribution in [0.4, 0.5) is 5.69 Å². The Labute approximate surface area is 183 Å². The zero-order valence-corrected chi connectivity index (χ0v) is 18.7. The molecule has 2 fully saturated rings. The molecule has 1 saturated carbocycles. The predicted molar refractivity (Wildman–Crippen MR) is 118 cm³/mol. The topological polar surface area (TPSA) is 112 Å². The molecule has 0 radical (unpaired) electrons. The molecule has 1 heterocycles. The van der Waals surface area contributed by atoms with Crippen molar-refractivity contribution in [2.24, 2.45) is 0 Å². The fourth-order valence-electron chi connectivity index (χ4n) is 4.63. The van der Waals surface area contributed by atoms with Crippen LogP contribution in [0.15, 0.2) is 53.4 Å². The van der Waals surface area contributed by atoms with Crippen LogP contribution in [-0.4, -0.2) is 50.7 Å². The molecule has 1 saturated heterocycles. The second-order valence-corrected chi connectivity index (χ2v) is 12.4. The minimum Gasteiger partial charge on any atom is -0.508 e. The first-order valence-electron chi connectivity index (χ1n) is 10.5. The van der Waals surface area contributed by atoms with Crippen molar-refractivity contribution in [3.05, 3.63) is 54.1 Å². The summed E-state index contributed by atoms with van der Waals surface area (Å²) in [6.45, 7) is 0. The second kappa shape index (κ2) is 8.44. The molecule has 2 aliphatic rings. The first kappa shape index (κ1) is 22.1. The van der Waals surface area contributed by atoms with Crippen molar-refractivity contribution in [3.63, 3.8) is 0 Å². The zero-order valence-electron chi connectivity index (χ0n) is 17.1. The quantitative estimate of drug-likeness (QED) is 0.702. The lowest BCUT2D eigenvalue weighted by Crippen LogP contribution is -2.47. The van der Waals surface area contributed by atoms with Crippen LogP contribution in [0.25, 0.3) is 0 Å². The van der Waals surface area contributed by atoms with Gasteiger partial charge in [-0.3, -0.25) is 4.31 Å². The largest absolute Gasteiger partial charge is 0.508 e. The minimum atomic E-state index is -4.19. The van der Waals surface area contributed by atoms with Crippen molar-refractivity contribution in [1.29, 1.82) is 0 Å². The van der Waals surface area contributed by atoms with Gasteiger partial charge in [0.25, 0.3) is 10.0 Å². The molecule has 168 valence electrons. The van der Waals surface area contributed by atoms with Gasteiger partial charge in [-0.05, 0) is 48.6 Å². The van der Waals surface area contributed by atoms with E-state index < -0.39 is 43.5 Å². The van der Waals surface area contributed by atoms with E-state index in [0.29, 0.717) is 5.92 Å². The van der Waals surface area contributed by atoms with E-state index in [-0.39, 0.29) is 16.3 Å². The van der Waals surface area contributed by atoms with Crippen LogP contribution in [-0.2, 0) is 19.9 Å². The second-order valence-electron chi connectivity index (χ2n) is 8.44. The number of phenolic OH excluding ortho intramolecular Hbond substituents is 1. The molecule has 1 aliphatic carbocycles. The third kappa shape index (κ3) is 4.58. The first-order valence-corrected chi connectivity index (χ1v) is 13.8. The lowest BCUT2D eigenvalue weighted by molar-refractivity contribution is 0.184. The third-order valence-corrected chi connectivity index (χ3v) is 9.76. The maximum absolute atomic E-state index is 13.6. The Morgan fingerprint density at radius 3 is 2.19 bits per heavy atom. The summed E-state index contributed by atoms with van der Waals surface area (Å²) in [6.07, 6.45) is 4.40. The van der Waals surface area contributed by atoms with Crippen LogP contribution in [0.5, 0.6) is 5.75 Å². The summed E-state index contributed by atoms with van der Waals surface area (Å²) < 4.78 is 52.4. The van der Waals surface area contributed by atoms with Gasteiger partial charge in [-0.2, -0.15) is 0 Å². The van der Waals surface area contributed by atoms with E-state index in [4.69, 9.17) is 0 Å². The highest BCUT2D eigenvalue weighted by Crippen LogP contribution is 2.35. The number of sulfonamides is 1. The van der Waals surface area contributed by atoms with E-state index in [2.05, 4.69) is 0 Å². The smallest absolute Gasteiger partial charge is 0.264 e. The monoisotopic (exact) mass is 465 g/mol. The highest BCUT2D eigenvalue weighted by atomic mass is 32.2. The third-order valence-electron chi connectivity index (χ3n) is 6.19. The summed E-state index contributed by atoms with van der Waals surface area (Å²) in [4.78, 5) is 0.0203. The standard InChI is InChI=1S/C22H27NO6S2/c24-19-8-4-7-18(13-19)23(21-14-30(26,27)15-22(21)25)31(28,29)20-11-9-17(10-12-20)16-5-2-1-3-6-16/h4,7-13,16,21-22,24-25H,1-3,5-6,14-15H2/t21-,22-/m0/s1. The Morgan fingerprint density at radius 2 is 1.61 bits per heavy atom. The Bertz CT molecular complexity index is 1140. The summed E-state index contributed by atoms with van der Waals surface area (Å²) in [5, 5.41) is 20.3. The van der Waals surface area contributed by atoms with Gasteiger partial charge in [0, 0.05) is 6.07 Å². The maximum Gasteiger partial charge on any atom is 0.264 e. The van der Waals surface area contributed by atoms with E-state index >= 15 is 0 Å². The van der Waals surface area contributed by atoms with Crippen molar-refractivity contribution >= 4 is 25.5 Å². The molecule has 0 unspecified atom stereocenters. The number of phenols is 1. The molecule has 0 spiro atoms. The van der Waals surface area contributed by atoms with Crippen LogP contribution in [0.2, 0.25) is 0 Å².